The molecule has 0 aliphatic heterocycles. The Morgan fingerprint density at radius 2 is 2.20 bits per heavy atom. The number of urea groups is 1. The first kappa shape index (κ1) is 11.8. The predicted octanol–water partition coefficient (Wildman–Crippen LogP) is 1.18. The first-order valence-electron chi connectivity index (χ1n) is 4.62. The molecule has 4 nitrogen and oxygen atoms in total. The van der Waals surface area contributed by atoms with E-state index in [0.717, 1.165) is 5.56 Å². The van der Waals surface area contributed by atoms with Crippen LogP contribution in [0.15, 0.2) is 24.3 Å². The van der Waals surface area contributed by atoms with E-state index in [0.29, 0.717) is 24.7 Å². The van der Waals surface area contributed by atoms with Crippen LogP contribution in [0.4, 0.5) is 4.79 Å². The van der Waals surface area contributed by atoms with E-state index in [1.54, 1.807) is 12.1 Å². The Balaban J connectivity index is 2.69. The Bertz CT molecular complexity index is 343. The van der Waals surface area contributed by atoms with E-state index in [1.165, 1.54) is 4.90 Å². The minimum atomic E-state index is -0.472. The number of primary amides is 1. The first-order chi connectivity index (χ1) is 7.13. The van der Waals surface area contributed by atoms with E-state index in [-0.39, 0.29) is 0 Å². The third-order valence-electron chi connectivity index (χ3n) is 1.97. The molecule has 5 heteroatoms. The molecule has 82 valence electrons. The van der Waals surface area contributed by atoms with Crippen molar-refractivity contribution in [1.82, 2.24) is 4.90 Å². The van der Waals surface area contributed by atoms with Crippen molar-refractivity contribution in [3.8, 4) is 0 Å². The number of amides is 2. The van der Waals surface area contributed by atoms with Crippen LogP contribution in [0.1, 0.15) is 5.56 Å². The van der Waals surface area contributed by atoms with E-state index >= 15 is 0 Å². The molecular weight excluding hydrogens is 214 g/mol. The SMILES string of the molecule is NCCN(Cc1cccc(Cl)c1)C(N)=O. The molecule has 0 heterocycles. The van der Waals surface area contributed by atoms with Gasteiger partial charge in [0.15, 0.2) is 0 Å². The number of hydrogen-bond acceptors (Lipinski definition) is 2. The van der Waals surface area contributed by atoms with Crippen LogP contribution in [-0.4, -0.2) is 24.0 Å². The summed E-state index contributed by atoms with van der Waals surface area (Å²) in [5.74, 6) is 0. The van der Waals surface area contributed by atoms with Gasteiger partial charge >= 0.3 is 6.03 Å². The van der Waals surface area contributed by atoms with Gasteiger partial charge in [0.2, 0.25) is 0 Å². The highest BCUT2D eigenvalue weighted by Gasteiger charge is 2.08. The molecule has 0 bridgehead atoms. The van der Waals surface area contributed by atoms with Gasteiger partial charge in [-0.2, -0.15) is 0 Å². The van der Waals surface area contributed by atoms with Crippen LogP contribution in [0.5, 0.6) is 0 Å². The van der Waals surface area contributed by atoms with Crippen molar-refractivity contribution < 1.29 is 4.79 Å². The zero-order valence-electron chi connectivity index (χ0n) is 8.32. The van der Waals surface area contributed by atoms with E-state index in [1.807, 2.05) is 12.1 Å². The molecule has 1 aromatic carbocycles. The summed E-state index contributed by atoms with van der Waals surface area (Å²) in [6.45, 7) is 1.28. The number of nitrogens with zero attached hydrogens (tertiary/aromatic N) is 1. The van der Waals surface area contributed by atoms with Crippen molar-refractivity contribution in [2.24, 2.45) is 11.5 Å². The van der Waals surface area contributed by atoms with Crippen molar-refractivity contribution in [2.75, 3.05) is 13.1 Å². The normalized spacial score (nSPS) is 10.0. The van der Waals surface area contributed by atoms with Gasteiger partial charge in [-0.05, 0) is 17.7 Å². The average Bonchev–Trinajstić information content (AvgIpc) is 2.17. The van der Waals surface area contributed by atoms with Gasteiger partial charge in [0, 0.05) is 24.7 Å². The lowest BCUT2D eigenvalue weighted by Gasteiger charge is -2.19. The fraction of sp³-hybridized carbons (Fsp3) is 0.300. The minimum Gasteiger partial charge on any atom is -0.351 e. The van der Waals surface area contributed by atoms with Crippen molar-refractivity contribution in [3.63, 3.8) is 0 Å². The van der Waals surface area contributed by atoms with Gasteiger partial charge in [0.1, 0.15) is 0 Å². The molecule has 0 aliphatic carbocycles. The zero-order chi connectivity index (χ0) is 11.3. The molecule has 0 radical (unpaired) electrons. The highest BCUT2D eigenvalue weighted by atomic mass is 35.5. The summed E-state index contributed by atoms with van der Waals surface area (Å²) in [7, 11) is 0. The molecule has 1 aromatic rings. The van der Waals surface area contributed by atoms with Crippen LogP contribution < -0.4 is 11.5 Å². The van der Waals surface area contributed by atoms with Crippen LogP contribution in [0.3, 0.4) is 0 Å². The van der Waals surface area contributed by atoms with E-state index in [2.05, 4.69) is 0 Å². The summed E-state index contributed by atoms with van der Waals surface area (Å²) in [6.07, 6.45) is 0. The molecule has 0 aromatic heterocycles. The number of halogens is 1. The smallest absolute Gasteiger partial charge is 0.315 e. The molecule has 1 rings (SSSR count). The van der Waals surface area contributed by atoms with Crippen LogP contribution in [0.25, 0.3) is 0 Å². The summed E-state index contributed by atoms with van der Waals surface area (Å²) in [6, 6.07) is 6.83. The highest BCUT2D eigenvalue weighted by Crippen LogP contribution is 2.12. The number of nitrogens with two attached hydrogens (primary N) is 2. The summed E-state index contributed by atoms with van der Waals surface area (Å²) in [5.41, 5.74) is 11.5. The molecule has 0 spiro atoms. The largest absolute Gasteiger partial charge is 0.351 e. The van der Waals surface area contributed by atoms with Gasteiger partial charge in [0.05, 0.1) is 0 Å². The lowest BCUT2D eigenvalue weighted by molar-refractivity contribution is 0.206. The monoisotopic (exact) mass is 227 g/mol. The molecule has 0 saturated heterocycles. The van der Waals surface area contributed by atoms with Crippen molar-refractivity contribution in [2.45, 2.75) is 6.54 Å². The molecule has 0 unspecified atom stereocenters. The lowest BCUT2D eigenvalue weighted by atomic mass is 10.2. The van der Waals surface area contributed by atoms with E-state index < -0.39 is 6.03 Å². The van der Waals surface area contributed by atoms with Gasteiger partial charge < -0.3 is 16.4 Å². The second-order valence-corrected chi connectivity index (χ2v) is 3.61. The van der Waals surface area contributed by atoms with Gasteiger partial charge in [-0.25, -0.2) is 4.79 Å². The standard InChI is InChI=1S/C10H14ClN3O/c11-9-3-1-2-8(6-9)7-14(5-4-12)10(13)15/h1-3,6H,4-5,7,12H2,(H2,13,15). The first-order valence-corrected chi connectivity index (χ1v) is 5.00. The lowest BCUT2D eigenvalue weighted by Crippen LogP contribution is -2.38. The van der Waals surface area contributed by atoms with Crippen LogP contribution >= 0.6 is 11.6 Å². The van der Waals surface area contributed by atoms with E-state index in [4.69, 9.17) is 23.1 Å². The Morgan fingerprint density at radius 3 is 2.73 bits per heavy atom. The molecule has 0 atom stereocenters. The number of carbonyl (C=O) groups excluding carboxylic acids is 1. The van der Waals surface area contributed by atoms with Gasteiger partial charge in [-0.1, -0.05) is 23.7 Å². The van der Waals surface area contributed by atoms with Crippen LogP contribution in [-0.2, 0) is 6.54 Å². The van der Waals surface area contributed by atoms with Gasteiger partial charge in [-0.3, -0.25) is 0 Å². The highest BCUT2D eigenvalue weighted by molar-refractivity contribution is 6.30. The number of rotatable bonds is 4. The second kappa shape index (κ2) is 5.58. The van der Waals surface area contributed by atoms with E-state index in [9.17, 15) is 4.79 Å². The van der Waals surface area contributed by atoms with Crippen LogP contribution in [0.2, 0.25) is 5.02 Å². The molecule has 0 fully saturated rings. The third-order valence-corrected chi connectivity index (χ3v) is 2.21. The molecule has 0 saturated carbocycles. The molecule has 4 N–H and O–H groups in total. The van der Waals surface area contributed by atoms with Gasteiger partial charge in [0.25, 0.3) is 0 Å². The predicted molar refractivity (Wildman–Crippen MR) is 60.5 cm³/mol. The maximum atomic E-state index is 11.0. The molecule has 2 amide bonds. The number of benzene rings is 1. The Hall–Kier alpha value is -1.26. The Morgan fingerprint density at radius 1 is 1.47 bits per heavy atom. The Labute approximate surface area is 93.8 Å². The maximum Gasteiger partial charge on any atom is 0.315 e. The van der Waals surface area contributed by atoms with Crippen molar-refractivity contribution >= 4 is 17.6 Å². The quantitative estimate of drug-likeness (QED) is 0.811. The molecule has 0 aliphatic rings. The molecule has 15 heavy (non-hydrogen) atoms. The third kappa shape index (κ3) is 3.77. The average molecular weight is 228 g/mol. The van der Waals surface area contributed by atoms with Gasteiger partial charge in [-0.15, -0.1) is 0 Å². The fourth-order valence-electron chi connectivity index (χ4n) is 1.28. The van der Waals surface area contributed by atoms with Crippen LogP contribution in [0, 0.1) is 0 Å². The topological polar surface area (TPSA) is 72.3 Å². The summed E-state index contributed by atoms with van der Waals surface area (Å²) in [4.78, 5) is 12.5. The fourth-order valence-corrected chi connectivity index (χ4v) is 1.49. The van der Waals surface area contributed by atoms with Crippen molar-refractivity contribution in [3.05, 3.63) is 34.9 Å². The molecular formula is C10H14ClN3O. The summed E-state index contributed by atoms with van der Waals surface area (Å²) in [5, 5.41) is 0.643. The number of carbonyl (C=O) groups is 1. The number of hydrogen-bond donors (Lipinski definition) is 2. The minimum absolute atomic E-state index is 0.392. The zero-order valence-corrected chi connectivity index (χ0v) is 9.07. The summed E-state index contributed by atoms with van der Waals surface area (Å²) < 4.78 is 0. The Kier molecular flexibility index (Phi) is 4.39. The maximum absolute atomic E-state index is 11.0. The van der Waals surface area contributed by atoms with Crippen molar-refractivity contribution in [1.29, 1.82) is 0 Å². The second-order valence-electron chi connectivity index (χ2n) is 3.18. The summed E-state index contributed by atoms with van der Waals surface area (Å²) >= 11 is 5.83.